The van der Waals surface area contributed by atoms with Gasteiger partial charge in [-0.25, -0.2) is 4.79 Å². The summed E-state index contributed by atoms with van der Waals surface area (Å²) in [5, 5.41) is 19.4. The third-order valence-electron chi connectivity index (χ3n) is 5.28. The quantitative estimate of drug-likeness (QED) is 0.671. The number of hydrogen-bond donors (Lipinski definition) is 2. The van der Waals surface area contributed by atoms with Gasteiger partial charge in [0.2, 0.25) is 5.91 Å². The number of carbonyl (C=O) groups is 2. The molecule has 172 valence electrons. The highest BCUT2D eigenvalue weighted by Gasteiger charge is 2.36. The molecule has 1 aliphatic heterocycles. The maximum atomic E-state index is 13.0. The number of carbonyl (C=O) groups excluding carboxylic acids is 1. The van der Waals surface area contributed by atoms with Gasteiger partial charge in [-0.15, -0.1) is 13.2 Å². The molecule has 1 aliphatic rings. The molecule has 0 aromatic heterocycles. The fraction of sp³-hybridized carbons (Fsp3) is 0.364. The molecule has 0 saturated carbocycles. The molecule has 2 N–H and O–H groups in total. The van der Waals surface area contributed by atoms with Crippen molar-refractivity contribution in [3.63, 3.8) is 0 Å². The van der Waals surface area contributed by atoms with Crippen molar-refractivity contribution in [2.24, 2.45) is 5.92 Å². The van der Waals surface area contributed by atoms with E-state index in [9.17, 15) is 33.0 Å². The van der Waals surface area contributed by atoms with Gasteiger partial charge in [0.05, 0.1) is 5.92 Å². The predicted octanol–water partition coefficient (Wildman–Crippen LogP) is 2.54. The molecule has 0 aliphatic carbocycles. The average Bonchev–Trinajstić information content (AvgIpc) is 2.77. The number of hydrogen-bond acceptors (Lipinski definition) is 5. The second-order valence-electron chi connectivity index (χ2n) is 7.43. The standard InChI is InChI=1S/C22H23F3N2O5/c23-22(24,25)32-17-8-6-16(7-9-17)26-10-12-27(13-11-26)20(29)18(19(28)21(30)31)14-15-4-2-1-3-5-15/h1-9,18-19,28H,10-14H2,(H,30,31)/t18-,19+/m0/s1. The fourth-order valence-electron chi connectivity index (χ4n) is 3.65. The van der Waals surface area contributed by atoms with Crippen LogP contribution >= 0.6 is 0 Å². The topological polar surface area (TPSA) is 90.3 Å². The van der Waals surface area contributed by atoms with Gasteiger partial charge in [-0.2, -0.15) is 0 Å². The van der Waals surface area contributed by atoms with Crippen molar-refractivity contribution in [2.45, 2.75) is 18.9 Å². The number of halogens is 3. The number of aliphatic hydroxyl groups excluding tert-OH is 1. The van der Waals surface area contributed by atoms with Crippen molar-refractivity contribution >= 4 is 17.6 Å². The molecule has 1 fully saturated rings. The number of amides is 1. The minimum absolute atomic E-state index is 0.0913. The molecule has 2 aromatic rings. The Morgan fingerprint density at radius 3 is 2.09 bits per heavy atom. The fourth-order valence-corrected chi connectivity index (χ4v) is 3.65. The van der Waals surface area contributed by atoms with Crippen molar-refractivity contribution in [3.8, 4) is 5.75 Å². The lowest BCUT2D eigenvalue weighted by atomic mass is 9.92. The highest BCUT2D eigenvalue weighted by molar-refractivity contribution is 5.86. The molecule has 2 atom stereocenters. The van der Waals surface area contributed by atoms with E-state index in [1.165, 1.54) is 29.2 Å². The number of piperazine rings is 1. The zero-order chi connectivity index (χ0) is 23.3. The molecule has 2 aromatic carbocycles. The molecule has 10 heteroatoms. The molecular formula is C22H23F3N2O5. The highest BCUT2D eigenvalue weighted by atomic mass is 19.4. The summed E-state index contributed by atoms with van der Waals surface area (Å²) in [7, 11) is 0. The first-order valence-electron chi connectivity index (χ1n) is 9.98. The number of alkyl halides is 3. The predicted molar refractivity (Wildman–Crippen MR) is 109 cm³/mol. The summed E-state index contributed by atoms with van der Waals surface area (Å²) in [5.41, 5.74) is 1.42. The van der Waals surface area contributed by atoms with Gasteiger partial charge in [-0.3, -0.25) is 4.79 Å². The van der Waals surface area contributed by atoms with Crippen LogP contribution in [0.15, 0.2) is 54.6 Å². The van der Waals surface area contributed by atoms with E-state index in [2.05, 4.69) is 4.74 Å². The number of benzene rings is 2. The van der Waals surface area contributed by atoms with E-state index in [0.717, 1.165) is 5.56 Å². The maximum absolute atomic E-state index is 13.0. The van der Waals surface area contributed by atoms with Gasteiger partial charge < -0.3 is 24.7 Å². The van der Waals surface area contributed by atoms with Gasteiger partial charge in [0.15, 0.2) is 6.10 Å². The van der Waals surface area contributed by atoms with Crippen LogP contribution in [0.5, 0.6) is 5.75 Å². The van der Waals surface area contributed by atoms with Crippen LogP contribution in [0.1, 0.15) is 5.56 Å². The van der Waals surface area contributed by atoms with Crippen LogP contribution in [-0.4, -0.2) is 65.6 Å². The van der Waals surface area contributed by atoms with Crippen molar-refractivity contribution in [2.75, 3.05) is 31.1 Å². The van der Waals surface area contributed by atoms with Crippen LogP contribution in [0.2, 0.25) is 0 Å². The van der Waals surface area contributed by atoms with Crippen LogP contribution < -0.4 is 9.64 Å². The number of aliphatic carboxylic acids is 1. The average molecular weight is 452 g/mol. The Balaban J connectivity index is 1.63. The second-order valence-corrected chi connectivity index (χ2v) is 7.43. The summed E-state index contributed by atoms with van der Waals surface area (Å²) in [6, 6.07) is 14.3. The number of aliphatic hydroxyl groups is 1. The maximum Gasteiger partial charge on any atom is 0.573 e. The van der Waals surface area contributed by atoms with Crippen molar-refractivity contribution < 1.29 is 37.7 Å². The van der Waals surface area contributed by atoms with E-state index in [-0.39, 0.29) is 25.3 Å². The van der Waals surface area contributed by atoms with Gasteiger partial charge in [-0.05, 0) is 36.2 Å². The number of carboxylic acid groups (broad SMARTS) is 1. The van der Waals surface area contributed by atoms with Crippen LogP contribution in [-0.2, 0) is 16.0 Å². The number of anilines is 1. The zero-order valence-electron chi connectivity index (χ0n) is 17.0. The van der Waals surface area contributed by atoms with Crippen LogP contribution in [0.3, 0.4) is 0 Å². The van der Waals surface area contributed by atoms with Gasteiger partial charge in [-0.1, -0.05) is 30.3 Å². The third-order valence-corrected chi connectivity index (χ3v) is 5.28. The van der Waals surface area contributed by atoms with Crippen LogP contribution in [0.25, 0.3) is 0 Å². The van der Waals surface area contributed by atoms with Crippen molar-refractivity contribution in [1.82, 2.24) is 4.90 Å². The molecule has 0 spiro atoms. The van der Waals surface area contributed by atoms with Gasteiger partial charge in [0.1, 0.15) is 5.75 Å². The third kappa shape index (κ3) is 6.13. The summed E-state index contributed by atoms with van der Waals surface area (Å²) in [4.78, 5) is 27.8. The molecule has 1 heterocycles. The van der Waals surface area contributed by atoms with Gasteiger partial charge in [0, 0.05) is 31.9 Å². The van der Waals surface area contributed by atoms with E-state index < -0.39 is 30.3 Å². The van der Waals surface area contributed by atoms with Crippen LogP contribution in [0, 0.1) is 5.92 Å². The Kier molecular flexibility index (Phi) is 7.24. The molecule has 32 heavy (non-hydrogen) atoms. The molecule has 0 bridgehead atoms. The smallest absolute Gasteiger partial charge is 0.479 e. The van der Waals surface area contributed by atoms with Gasteiger partial charge >= 0.3 is 12.3 Å². The molecule has 1 amide bonds. The van der Waals surface area contributed by atoms with Crippen LogP contribution in [0.4, 0.5) is 18.9 Å². The first-order chi connectivity index (χ1) is 15.1. The van der Waals surface area contributed by atoms with E-state index in [1.54, 1.807) is 30.3 Å². The Morgan fingerprint density at radius 2 is 1.56 bits per heavy atom. The molecule has 0 radical (unpaired) electrons. The summed E-state index contributed by atoms with van der Waals surface area (Å²) in [5.74, 6) is -3.35. The number of rotatable bonds is 7. The normalized spacial score (nSPS) is 16.4. The summed E-state index contributed by atoms with van der Waals surface area (Å²) in [6.07, 6.45) is -6.50. The lowest BCUT2D eigenvalue weighted by molar-refractivity contribution is -0.274. The zero-order valence-corrected chi connectivity index (χ0v) is 17.0. The lowest BCUT2D eigenvalue weighted by Gasteiger charge is -2.38. The Morgan fingerprint density at radius 1 is 0.969 bits per heavy atom. The molecule has 7 nitrogen and oxygen atoms in total. The molecule has 3 rings (SSSR count). The number of nitrogens with zero attached hydrogens (tertiary/aromatic N) is 2. The van der Waals surface area contributed by atoms with Crippen molar-refractivity contribution in [1.29, 1.82) is 0 Å². The molecule has 0 unspecified atom stereocenters. The number of carboxylic acids is 1. The Hall–Kier alpha value is -3.27. The summed E-state index contributed by atoms with van der Waals surface area (Å²) < 4.78 is 40.8. The first kappa shape index (κ1) is 23.4. The minimum atomic E-state index is -4.76. The van der Waals surface area contributed by atoms with E-state index >= 15 is 0 Å². The lowest BCUT2D eigenvalue weighted by Crippen LogP contribution is -2.53. The molecule has 1 saturated heterocycles. The van der Waals surface area contributed by atoms with Gasteiger partial charge in [0.25, 0.3) is 0 Å². The summed E-state index contributed by atoms with van der Waals surface area (Å²) in [6.45, 7) is 1.40. The van der Waals surface area contributed by atoms with E-state index in [1.807, 2.05) is 4.90 Å². The van der Waals surface area contributed by atoms with Crippen molar-refractivity contribution in [3.05, 3.63) is 60.2 Å². The van der Waals surface area contributed by atoms with E-state index in [4.69, 9.17) is 0 Å². The number of ether oxygens (including phenoxy) is 1. The first-order valence-corrected chi connectivity index (χ1v) is 9.98. The largest absolute Gasteiger partial charge is 0.573 e. The molecular weight excluding hydrogens is 429 g/mol. The van der Waals surface area contributed by atoms with E-state index in [0.29, 0.717) is 18.8 Å². The Bertz CT molecular complexity index is 913. The Labute approximate surface area is 182 Å². The minimum Gasteiger partial charge on any atom is -0.479 e. The monoisotopic (exact) mass is 452 g/mol. The highest BCUT2D eigenvalue weighted by Crippen LogP contribution is 2.26. The SMILES string of the molecule is O=C(O)[C@H](O)[C@H](Cc1ccccc1)C(=O)N1CCN(c2ccc(OC(F)(F)F)cc2)CC1. The second kappa shape index (κ2) is 9.90. The summed E-state index contributed by atoms with van der Waals surface area (Å²) >= 11 is 0.